The van der Waals surface area contributed by atoms with Crippen LogP contribution < -0.4 is 0 Å². The Morgan fingerprint density at radius 3 is 1.00 bits per heavy atom. The third-order valence-corrected chi connectivity index (χ3v) is 7.66. The molecule has 2 heteroatoms. The summed E-state index contributed by atoms with van der Waals surface area (Å²) in [7, 11) is 1.89. The molecule has 2 nitrogen and oxygen atoms in total. The first-order valence-electron chi connectivity index (χ1n) is 17.3. The zero-order valence-corrected chi connectivity index (χ0v) is 26.9. The van der Waals surface area contributed by atoms with Crippen LogP contribution in [0.2, 0.25) is 0 Å². The summed E-state index contributed by atoms with van der Waals surface area (Å²) in [6, 6.07) is 0. The lowest BCUT2D eigenvalue weighted by Gasteiger charge is -2.39. The van der Waals surface area contributed by atoms with Gasteiger partial charge >= 0.3 is 0 Å². The zero-order valence-electron chi connectivity index (χ0n) is 26.9. The fraction of sp³-hybridized carbons (Fsp3) is 0.784. The lowest BCUT2D eigenvalue weighted by atomic mass is 10.1. The molecule has 0 radical (unpaired) electrons. The molecule has 0 saturated carbocycles. The molecule has 0 bridgehead atoms. The van der Waals surface area contributed by atoms with E-state index in [1.54, 1.807) is 0 Å². The van der Waals surface area contributed by atoms with Crippen LogP contribution in [0.1, 0.15) is 168 Å². The van der Waals surface area contributed by atoms with Crippen molar-refractivity contribution in [2.24, 2.45) is 0 Å². The molecule has 228 valence electrons. The van der Waals surface area contributed by atoms with Crippen LogP contribution in [0, 0.1) is 5.21 Å². The van der Waals surface area contributed by atoms with Crippen LogP contribution >= 0.6 is 0 Å². The molecule has 0 aliphatic rings. The number of rotatable bonds is 30. The van der Waals surface area contributed by atoms with Crippen LogP contribution in [0.25, 0.3) is 0 Å². The largest absolute Gasteiger partial charge is 0.633 e. The van der Waals surface area contributed by atoms with Crippen LogP contribution in [-0.2, 0) is 0 Å². The lowest BCUT2D eigenvalue weighted by Crippen LogP contribution is -2.39. The van der Waals surface area contributed by atoms with Gasteiger partial charge in [-0.1, -0.05) is 127 Å². The van der Waals surface area contributed by atoms with Gasteiger partial charge in [-0.15, -0.1) is 0 Å². The topological polar surface area (TPSA) is 23.1 Å². The number of quaternary nitrogens is 1. The molecule has 0 aromatic rings. The average Bonchev–Trinajstić information content (AvgIpc) is 2.92. The number of hydrogen-bond acceptors (Lipinski definition) is 1. The summed E-state index contributed by atoms with van der Waals surface area (Å²) < 4.78 is -0.0321. The monoisotopic (exact) mass is 544 g/mol. The highest BCUT2D eigenvalue weighted by atomic mass is 16.5. The fourth-order valence-electron chi connectivity index (χ4n) is 4.98. The van der Waals surface area contributed by atoms with Crippen molar-refractivity contribution in [3.8, 4) is 0 Å². The van der Waals surface area contributed by atoms with Gasteiger partial charge in [-0.3, -0.25) is 0 Å². The van der Waals surface area contributed by atoms with Gasteiger partial charge in [0.1, 0.15) is 0 Å². The van der Waals surface area contributed by atoms with Gasteiger partial charge in [-0.05, 0) is 89.9 Å². The SMILES string of the molecule is CCCCCC=CCC=CCCCCCCCC[N+](C)([O-])CCCCCCCCC=CCC=CCCCCC. The van der Waals surface area contributed by atoms with Gasteiger partial charge in [0.05, 0.1) is 20.1 Å². The van der Waals surface area contributed by atoms with Gasteiger partial charge in [-0.25, -0.2) is 0 Å². The molecule has 0 aromatic heterocycles. The molecule has 0 amide bonds. The molecule has 0 spiro atoms. The third-order valence-electron chi connectivity index (χ3n) is 7.66. The maximum atomic E-state index is 12.7. The van der Waals surface area contributed by atoms with Crippen molar-refractivity contribution in [3.05, 3.63) is 53.8 Å². The van der Waals surface area contributed by atoms with Gasteiger partial charge < -0.3 is 9.85 Å². The molecule has 39 heavy (non-hydrogen) atoms. The second-order valence-corrected chi connectivity index (χ2v) is 11.9. The highest BCUT2D eigenvalue weighted by Gasteiger charge is 2.09. The van der Waals surface area contributed by atoms with Crippen LogP contribution in [0.4, 0.5) is 0 Å². The normalized spacial score (nSPS) is 14.1. The zero-order chi connectivity index (χ0) is 28.5. The average molecular weight is 544 g/mol. The summed E-state index contributed by atoms with van der Waals surface area (Å²) >= 11 is 0. The highest BCUT2D eigenvalue weighted by Crippen LogP contribution is 2.13. The van der Waals surface area contributed by atoms with Crippen molar-refractivity contribution in [2.45, 2.75) is 168 Å². The quantitative estimate of drug-likeness (QED) is 0.0382. The number of hydroxylamine groups is 3. The number of allylic oxidation sites excluding steroid dienone is 8. The summed E-state index contributed by atoms with van der Waals surface area (Å²) in [4.78, 5) is 0. The van der Waals surface area contributed by atoms with E-state index in [1.807, 2.05) is 7.05 Å². The smallest absolute Gasteiger partial charge is 0.0781 e. The van der Waals surface area contributed by atoms with Crippen molar-refractivity contribution in [1.82, 2.24) is 0 Å². The van der Waals surface area contributed by atoms with Gasteiger partial charge in [-0.2, -0.15) is 0 Å². The summed E-state index contributed by atoms with van der Waals surface area (Å²) in [6.07, 6.45) is 48.8. The maximum Gasteiger partial charge on any atom is 0.0781 e. The molecular formula is C37H69NO. The Labute approximate surface area is 246 Å². The van der Waals surface area contributed by atoms with E-state index in [-0.39, 0.29) is 4.65 Å². The maximum absolute atomic E-state index is 12.7. The predicted octanol–water partition coefficient (Wildman–Crippen LogP) is 12.6. The first kappa shape index (κ1) is 37.9. The first-order chi connectivity index (χ1) is 19.1. The van der Waals surface area contributed by atoms with Crippen molar-refractivity contribution in [1.29, 1.82) is 0 Å². The van der Waals surface area contributed by atoms with Crippen molar-refractivity contribution < 1.29 is 4.65 Å². The Kier molecular flexibility index (Phi) is 30.5. The number of nitrogens with zero attached hydrogens (tertiary/aromatic N) is 1. The minimum atomic E-state index is -0.0321. The van der Waals surface area contributed by atoms with E-state index in [0.717, 1.165) is 38.8 Å². The molecule has 0 unspecified atom stereocenters. The Balaban J connectivity index is 3.42. The third kappa shape index (κ3) is 33.0. The Hall–Kier alpha value is -1.12. The van der Waals surface area contributed by atoms with Gasteiger partial charge in [0.2, 0.25) is 0 Å². The van der Waals surface area contributed by atoms with Crippen LogP contribution in [0.5, 0.6) is 0 Å². The van der Waals surface area contributed by atoms with E-state index < -0.39 is 0 Å². The molecule has 0 rings (SSSR count). The van der Waals surface area contributed by atoms with Crippen molar-refractivity contribution in [3.63, 3.8) is 0 Å². The summed E-state index contributed by atoms with van der Waals surface area (Å²) in [5.41, 5.74) is 0. The number of hydrogen-bond donors (Lipinski definition) is 0. The molecule has 0 fully saturated rings. The Bertz CT molecular complexity index is 536. The molecule has 0 atom stereocenters. The van der Waals surface area contributed by atoms with Crippen LogP contribution in [0.3, 0.4) is 0 Å². The van der Waals surface area contributed by atoms with E-state index in [0.29, 0.717) is 0 Å². The molecule has 0 heterocycles. The van der Waals surface area contributed by atoms with E-state index in [2.05, 4.69) is 62.5 Å². The van der Waals surface area contributed by atoms with E-state index in [4.69, 9.17) is 0 Å². The Morgan fingerprint density at radius 2 is 0.667 bits per heavy atom. The van der Waals surface area contributed by atoms with E-state index in [9.17, 15) is 5.21 Å². The molecular weight excluding hydrogens is 474 g/mol. The molecule has 0 aromatic carbocycles. The van der Waals surface area contributed by atoms with Gasteiger partial charge in [0, 0.05) is 0 Å². The van der Waals surface area contributed by atoms with Gasteiger partial charge in [0.15, 0.2) is 0 Å². The van der Waals surface area contributed by atoms with Gasteiger partial charge in [0.25, 0.3) is 0 Å². The van der Waals surface area contributed by atoms with Crippen LogP contribution in [0.15, 0.2) is 48.6 Å². The lowest BCUT2D eigenvalue weighted by molar-refractivity contribution is -0.861. The molecule has 0 aliphatic heterocycles. The molecule has 0 saturated heterocycles. The minimum absolute atomic E-state index is 0.0321. The first-order valence-corrected chi connectivity index (χ1v) is 17.3. The number of unbranched alkanes of at least 4 members (excludes halogenated alkanes) is 18. The van der Waals surface area contributed by atoms with Crippen molar-refractivity contribution >= 4 is 0 Å². The van der Waals surface area contributed by atoms with Crippen LogP contribution in [-0.4, -0.2) is 24.8 Å². The summed E-state index contributed by atoms with van der Waals surface area (Å²) in [5, 5.41) is 12.7. The minimum Gasteiger partial charge on any atom is -0.633 e. The standard InChI is InChI=1S/C37H69NO/c1-4-6-8-10-12-14-16-18-20-22-24-26-28-30-32-34-36-38(3,39)37-35-33-31-29-27-25-23-21-19-17-15-13-11-9-7-5-2/h12-15,18-21H,4-11,16-17,22-37H2,1-3H3. The summed E-state index contributed by atoms with van der Waals surface area (Å²) in [6.45, 7) is 6.12. The summed E-state index contributed by atoms with van der Waals surface area (Å²) in [5.74, 6) is 0. The van der Waals surface area contributed by atoms with E-state index in [1.165, 1.54) is 128 Å². The predicted molar refractivity (Wildman–Crippen MR) is 178 cm³/mol. The second-order valence-electron chi connectivity index (χ2n) is 11.9. The second kappa shape index (κ2) is 31.4. The van der Waals surface area contributed by atoms with E-state index >= 15 is 0 Å². The molecule has 0 aliphatic carbocycles. The molecule has 0 N–H and O–H groups in total. The Morgan fingerprint density at radius 1 is 0.385 bits per heavy atom. The van der Waals surface area contributed by atoms with Crippen molar-refractivity contribution in [2.75, 3.05) is 20.1 Å². The highest BCUT2D eigenvalue weighted by molar-refractivity contribution is 4.93. The fourth-order valence-corrected chi connectivity index (χ4v) is 4.98.